The molecular formula is C12H16ClIN2O. The van der Waals surface area contributed by atoms with Crippen LogP contribution in [0.1, 0.15) is 26.7 Å². The third kappa shape index (κ3) is 5.70. The van der Waals surface area contributed by atoms with E-state index in [1.165, 1.54) is 0 Å². The number of nitrogens with two attached hydrogens (primary N) is 1. The van der Waals surface area contributed by atoms with Gasteiger partial charge in [-0.25, -0.2) is 0 Å². The summed E-state index contributed by atoms with van der Waals surface area (Å²) in [6.07, 6.45) is 1.03. The van der Waals surface area contributed by atoms with Gasteiger partial charge in [-0.1, -0.05) is 11.6 Å². The summed E-state index contributed by atoms with van der Waals surface area (Å²) in [6.45, 7) is 3.80. The van der Waals surface area contributed by atoms with Crippen LogP contribution in [0.5, 0.6) is 0 Å². The van der Waals surface area contributed by atoms with Gasteiger partial charge in [-0.3, -0.25) is 4.79 Å². The summed E-state index contributed by atoms with van der Waals surface area (Å²) < 4.78 is 1.04. The molecule has 0 aliphatic carbocycles. The van der Waals surface area contributed by atoms with Crippen LogP contribution in [0.4, 0.5) is 5.69 Å². The smallest absolute Gasteiger partial charge is 0.224 e. The zero-order valence-corrected chi connectivity index (χ0v) is 12.8. The summed E-state index contributed by atoms with van der Waals surface area (Å²) in [5.74, 6) is -0.0633. The van der Waals surface area contributed by atoms with Crippen molar-refractivity contribution in [3.63, 3.8) is 0 Å². The Morgan fingerprint density at radius 2 is 2.18 bits per heavy atom. The summed E-state index contributed by atoms with van der Waals surface area (Å²) >= 11 is 8.19. The Labute approximate surface area is 120 Å². The standard InChI is InChI=1S/C12H16ClIN2O/c1-12(2,15)6-5-11(17)16-10-4-3-8(14)7-9(10)13/h3-4,7H,5-6,15H2,1-2H3,(H,16,17). The molecule has 1 aromatic rings. The molecule has 0 atom stereocenters. The molecule has 0 heterocycles. The van der Waals surface area contributed by atoms with E-state index in [0.717, 1.165) is 3.57 Å². The van der Waals surface area contributed by atoms with E-state index in [0.29, 0.717) is 23.6 Å². The van der Waals surface area contributed by atoms with Crippen molar-refractivity contribution in [1.29, 1.82) is 0 Å². The van der Waals surface area contributed by atoms with Crippen molar-refractivity contribution in [3.8, 4) is 0 Å². The van der Waals surface area contributed by atoms with Gasteiger partial charge in [0.25, 0.3) is 0 Å². The molecule has 0 fully saturated rings. The Balaban J connectivity index is 2.57. The third-order valence-corrected chi connectivity index (χ3v) is 3.19. The number of hydrogen-bond acceptors (Lipinski definition) is 2. The van der Waals surface area contributed by atoms with Crippen LogP contribution in [0.2, 0.25) is 5.02 Å². The van der Waals surface area contributed by atoms with Gasteiger partial charge in [0.15, 0.2) is 0 Å². The van der Waals surface area contributed by atoms with Crippen molar-refractivity contribution in [1.82, 2.24) is 0 Å². The molecule has 0 unspecified atom stereocenters. The van der Waals surface area contributed by atoms with Gasteiger partial charge in [0.2, 0.25) is 5.91 Å². The lowest BCUT2D eigenvalue weighted by molar-refractivity contribution is -0.116. The quantitative estimate of drug-likeness (QED) is 0.803. The van der Waals surface area contributed by atoms with Crippen molar-refractivity contribution in [2.45, 2.75) is 32.2 Å². The maximum absolute atomic E-state index is 11.7. The number of halogens is 2. The van der Waals surface area contributed by atoms with Crippen molar-refractivity contribution < 1.29 is 4.79 Å². The molecule has 1 rings (SSSR count). The van der Waals surface area contributed by atoms with Crippen LogP contribution < -0.4 is 11.1 Å². The third-order valence-electron chi connectivity index (χ3n) is 2.20. The van der Waals surface area contributed by atoms with Gasteiger partial charge in [0.05, 0.1) is 10.7 Å². The van der Waals surface area contributed by atoms with E-state index in [4.69, 9.17) is 17.3 Å². The number of nitrogens with one attached hydrogen (secondary N) is 1. The maximum Gasteiger partial charge on any atom is 0.224 e. The molecule has 1 aromatic carbocycles. The maximum atomic E-state index is 11.7. The van der Waals surface area contributed by atoms with Crippen molar-refractivity contribution in [2.75, 3.05) is 5.32 Å². The lowest BCUT2D eigenvalue weighted by Crippen LogP contribution is -2.33. The predicted molar refractivity (Wildman–Crippen MR) is 80.3 cm³/mol. The van der Waals surface area contributed by atoms with E-state index in [-0.39, 0.29) is 11.4 Å². The first kappa shape index (κ1) is 14.7. The number of rotatable bonds is 4. The van der Waals surface area contributed by atoms with Crippen molar-refractivity contribution in [3.05, 3.63) is 26.8 Å². The number of anilines is 1. The molecule has 0 aliphatic rings. The number of carbonyl (C=O) groups excluding carboxylic acids is 1. The van der Waals surface area contributed by atoms with Crippen LogP contribution in [-0.4, -0.2) is 11.4 Å². The zero-order chi connectivity index (χ0) is 13.1. The molecule has 3 N–H and O–H groups in total. The van der Waals surface area contributed by atoms with E-state index in [2.05, 4.69) is 27.9 Å². The molecule has 0 aromatic heterocycles. The van der Waals surface area contributed by atoms with Crippen molar-refractivity contribution >= 4 is 45.8 Å². The van der Waals surface area contributed by atoms with Gasteiger partial charge in [-0.05, 0) is 61.1 Å². The Hall–Kier alpha value is -0.330. The largest absolute Gasteiger partial charge is 0.326 e. The molecule has 94 valence electrons. The molecule has 0 aliphatic heterocycles. The minimum Gasteiger partial charge on any atom is -0.326 e. The molecule has 0 radical (unpaired) electrons. The van der Waals surface area contributed by atoms with Crippen LogP contribution in [0.15, 0.2) is 18.2 Å². The Kier molecular flexibility index (Phi) is 5.22. The molecule has 17 heavy (non-hydrogen) atoms. The van der Waals surface area contributed by atoms with E-state index < -0.39 is 0 Å². The molecule has 0 saturated heterocycles. The van der Waals surface area contributed by atoms with Crippen LogP contribution in [0, 0.1) is 3.57 Å². The van der Waals surface area contributed by atoms with Gasteiger partial charge >= 0.3 is 0 Å². The highest BCUT2D eigenvalue weighted by atomic mass is 127. The monoisotopic (exact) mass is 366 g/mol. The Morgan fingerprint density at radius 3 is 2.71 bits per heavy atom. The fourth-order valence-corrected chi connectivity index (χ4v) is 2.14. The second kappa shape index (κ2) is 6.02. The minimum atomic E-state index is -0.326. The second-order valence-electron chi connectivity index (χ2n) is 4.66. The van der Waals surface area contributed by atoms with Gasteiger partial charge in [-0.15, -0.1) is 0 Å². The van der Waals surface area contributed by atoms with E-state index in [1.54, 1.807) is 6.07 Å². The van der Waals surface area contributed by atoms with Gasteiger partial charge < -0.3 is 11.1 Å². The zero-order valence-electron chi connectivity index (χ0n) is 9.89. The summed E-state index contributed by atoms with van der Waals surface area (Å²) in [6, 6.07) is 5.51. The molecular weight excluding hydrogens is 351 g/mol. The average Bonchev–Trinajstić information content (AvgIpc) is 2.18. The van der Waals surface area contributed by atoms with Gasteiger partial charge in [-0.2, -0.15) is 0 Å². The average molecular weight is 367 g/mol. The van der Waals surface area contributed by atoms with E-state index in [9.17, 15) is 4.79 Å². The predicted octanol–water partition coefficient (Wildman–Crippen LogP) is 3.40. The molecule has 0 saturated carbocycles. The van der Waals surface area contributed by atoms with Crippen LogP contribution >= 0.6 is 34.2 Å². The number of benzene rings is 1. The fourth-order valence-electron chi connectivity index (χ4n) is 1.24. The highest BCUT2D eigenvalue weighted by Gasteiger charge is 2.13. The highest BCUT2D eigenvalue weighted by molar-refractivity contribution is 14.1. The molecule has 0 spiro atoms. The topological polar surface area (TPSA) is 55.1 Å². The minimum absolute atomic E-state index is 0.0633. The molecule has 1 amide bonds. The SMILES string of the molecule is CC(C)(N)CCC(=O)Nc1ccc(I)cc1Cl. The Morgan fingerprint density at radius 1 is 1.53 bits per heavy atom. The lowest BCUT2D eigenvalue weighted by Gasteiger charge is -2.17. The van der Waals surface area contributed by atoms with Gasteiger partial charge in [0.1, 0.15) is 0 Å². The Bertz CT molecular complexity index is 415. The van der Waals surface area contributed by atoms with E-state index >= 15 is 0 Å². The van der Waals surface area contributed by atoms with Crippen LogP contribution in [0.3, 0.4) is 0 Å². The summed E-state index contributed by atoms with van der Waals surface area (Å²) in [4.78, 5) is 11.7. The number of amides is 1. The molecule has 3 nitrogen and oxygen atoms in total. The van der Waals surface area contributed by atoms with Gasteiger partial charge in [0, 0.05) is 15.5 Å². The summed E-state index contributed by atoms with van der Waals surface area (Å²) in [5.41, 5.74) is 6.14. The molecule has 5 heteroatoms. The second-order valence-corrected chi connectivity index (χ2v) is 6.31. The number of carbonyl (C=O) groups is 1. The summed E-state index contributed by atoms with van der Waals surface area (Å²) in [7, 11) is 0. The van der Waals surface area contributed by atoms with Crippen LogP contribution in [0.25, 0.3) is 0 Å². The van der Waals surface area contributed by atoms with Crippen LogP contribution in [-0.2, 0) is 4.79 Å². The highest BCUT2D eigenvalue weighted by Crippen LogP contribution is 2.24. The van der Waals surface area contributed by atoms with E-state index in [1.807, 2.05) is 26.0 Å². The first-order valence-electron chi connectivity index (χ1n) is 5.32. The van der Waals surface area contributed by atoms with Crippen molar-refractivity contribution in [2.24, 2.45) is 5.73 Å². The normalized spacial score (nSPS) is 11.4. The lowest BCUT2D eigenvalue weighted by atomic mass is 10.00. The number of hydrogen-bond donors (Lipinski definition) is 2. The summed E-state index contributed by atoms with van der Waals surface area (Å²) in [5, 5.41) is 3.33. The first-order valence-corrected chi connectivity index (χ1v) is 6.77. The fraction of sp³-hybridized carbons (Fsp3) is 0.417. The molecule has 0 bridgehead atoms. The first-order chi connectivity index (χ1) is 7.78.